The molecule has 1 unspecified atom stereocenters. The summed E-state index contributed by atoms with van der Waals surface area (Å²) in [6.45, 7) is 5.51. The number of piperidine rings is 1. The summed E-state index contributed by atoms with van der Waals surface area (Å²) in [5.41, 5.74) is 0. The number of halogens is 1. The van der Waals surface area contributed by atoms with Gasteiger partial charge in [-0.15, -0.1) is 0 Å². The summed E-state index contributed by atoms with van der Waals surface area (Å²) in [7, 11) is 0. The van der Waals surface area contributed by atoms with Crippen molar-refractivity contribution in [1.82, 2.24) is 15.5 Å². The smallest absolute Gasteiger partial charge is 0.250 e. The van der Waals surface area contributed by atoms with E-state index in [1.807, 2.05) is 24.3 Å². The van der Waals surface area contributed by atoms with Gasteiger partial charge in [-0.25, -0.2) is 0 Å². The van der Waals surface area contributed by atoms with Crippen LogP contribution in [-0.4, -0.2) is 68.9 Å². The van der Waals surface area contributed by atoms with E-state index >= 15 is 0 Å². The van der Waals surface area contributed by atoms with Crippen molar-refractivity contribution in [2.75, 3.05) is 45.9 Å². The standard InChI is InChI=1S/C18H26ClN3O3/c19-14-1-3-16(4-2-14)24-12-10-22-8-5-15(6-9-22)21-18(23)17-13-20-7-11-25-17/h1-4,15,17,20H,5-13H2,(H,21,23). The molecule has 0 aliphatic carbocycles. The van der Waals surface area contributed by atoms with E-state index in [-0.39, 0.29) is 18.1 Å². The molecule has 0 radical (unpaired) electrons. The molecule has 6 nitrogen and oxygen atoms in total. The summed E-state index contributed by atoms with van der Waals surface area (Å²) < 4.78 is 11.2. The largest absolute Gasteiger partial charge is 0.492 e. The average Bonchev–Trinajstić information content (AvgIpc) is 2.65. The van der Waals surface area contributed by atoms with Gasteiger partial charge in [-0.05, 0) is 37.1 Å². The topological polar surface area (TPSA) is 62.8 Å². The number of amides is 1. The maximum atomic E-state index is 12.2. The highest BCUT2D eigenvalue weighted by Gasteiger charge is 2.26. The Morgan fingerprint density at radius 1 is 1.32 bits per heavy atom. The van der Waals surface area contributed by atoms with Gasteiger partial charge < -0.3 is 20.1 Å². The number of rotatable bonds is 6. The number of carbonyl (C=O) groups is 1. The lowest BCUT2D eigenvalue weighted by molar-refractivity contribution is -0.135. The molecule has 2 saturated heterocycles. The number of benzene rings is 1. The first-order valence-corrected chi connectivity index (χ1v) is 9.32. The fourth-order valence-corrected chi connectivity index (χ4v) is 3.28. The summed E-state index contributed by atoms with van der Waals surface area (Å²) in [4.78, 5) is 14.6. The van der Waals surface area contributed by atoms with Crippen LogP contribution < -0.4 is 15.4 Å². The lowest BCUT2D eigenvalue weighted by Crippen LogP contribution is -2.52. The SMILES string of the molecule is O=C(NC1CCN(CCOc2ccc(Cl)cc2)CC1)C1CNCCO1. The fourth-order valence-electron chi connectivity index (χ4n) is 3.15. The number of ether oxygens (including phenoxy) is 2. The molecule has 2 fully saturated rings. The Bertz CT molecular complexity index is 541. The molecule has 7 heteroatoms. The molecule has 2 aliphatic heterocycles. The van der Waals surface area contributed by atoms with Crippen molar-refractivity contribution in [1.29, 1.82) is 0 Å². The van der Waals surface area contributed by atoms with Crippen molar-refractivity contribution in [2.24, 2.45) is 0 Å². The van der Waals surface area contributed by atoms with Gasteiger partial charge in [0.15, 0.2) is 0 Å². The molecule has 0 bridgehead atoms. The Balaban J connectivity index is 1.31. The lowest BCUT2D eigenvalue weighted by Gasteiger charge is -2.33. The van der Waals surface area contributed by atoms with E-state index in [2.05, 4.69) is 15.5 Å². The maximum absolute atomic E-state index is 12.2. The molecule has 25 heavy (non-hydrogen) atoms. The van der Waals surface area contributed by atoms with E-state index in [4.69, 9.17) is 21.1 Å². The van der Waals surface area contributed by atoms with E-state index in [0.717, 1.165) is 44.8 Å². The third kappa shape index (κ3) is 5.85. The fraction of sp³-hybridized carbons (Fsp3) is 0.611. The van der Waals surface area contributed by atoms with Crippen LogP contribution in [0.25, 0.3) is 0 Å². The monoisotopic (exact) mass is 367 g/mol. The molecule has 2 N–H and O–H groups in total. The Kier molecular flexibility index (Phi) is 6.93. The van der Waals surface area contributed by atoms with Crippen molar-refractivity contribution >= 4 is 17.5 Å². The Morgan fingerprint density at radius 2 is 2.08 bits per heavy atom. The Hall–Kier alpha value is -1.34. The molecular weight excluding hydrogens is 342 g/mol. The van der Waals surface area contributed by atoms with Gasteiger partial charge in [0.1, 0.15) is 18.5 Å². The summed E-state index contributed by atoms with van der Waals surface area (Å²) >= 11 is 5.86. The van der Waals surface area contributed by atoms with Crippen molar-refractivity contribution in [3.05, 3.63) is 29.3 Å². The minimum absolute atomic E-state index is 0.0109. The molecule has 138 valence electrons. The summed E-state index contributed by atoms with van der Waals surface area (Å²) in [6.07, 6.45) is 1.58. The van der Waals surface area contributed by atoms with Crippen LogP contribution in [0.2, 0.25) is 5.02 Å². The number of nitrogens with zero attached hydrogens (tertiary/aromatic N) is 1. The molecule has 1 atom stereocenters. The Labute approximate surface area is 153 Å². The highest BCUT2D eigenvalue weighted by atomic mass is 35.5. The van der Waals surface area contributed by atoms with Crippen molar-refractivity contribution < 1.29 is 14.3 Å². The molecule has 0 saturated carbocycles. The summed E-state index contributed by atoms with van der Waals surface area (Å²) in [5, 5.41) is 7.02. The average molecular weight is 368 g/mol. The van der Waals surface area contributed by atoms with Crippen LogP contribution in [-0.2, 0) is 9.53 Å². The maximum Gasteiger partial charge on any atom is 0.250 e. The third-order valence-corrected chi connectivity index (χ3v) is 4.90. The highest BCUT2D eigenvalue weighted by Crippen LogP contribution is 2.16. The van der Waals surface area contributed by atoms with Crippen LogP contribution in [0.3, 0.4) is 0 Å². The van der Waals surface area contributed by atoms with Crippen LogP contribution in [0.1, 0.15) is 12.8 Å². The Morgan fingerprint density at radius 3 is 2.76 bits per heavy atom. The second kappa shape index (κ2) is 9.38. The first-order chi connectivity index (χ1) is 12.2. The molecule has 2 heterocycles. The zero-order chi connectivity index (χ0) is 17.5. The van der Waals surface area contributed by atoms with Crippen LogP contribution in [0.15, 0.2) is 24.3 Å². The first-order valence-electron chi connectivity index (χ1n) is 8.94. The first kappa shape index (κ1) is 18.5. The van der Waals surface area contributed by atoms with Gasteiger partial charge >= 0.3 is 0 Å². The number of hydrogen-bond acceptors (Lipinski definition) is 5. The van der Waals surface area contributed by atoms with Crippen molar-refractivity contribution in [3.63, 3.8) is 0 Å². The number of likely N-dealkylation sites (tertiary alicyclic amines) is 1. The predicted octanol–water partition coefficient (Wildman–Crippen LogP) is 1.29. The quantitative estimate of drug-likeness (QED) is 0.793. The van der Waals surface area contributed by atoms with E-state index in [1.54, 1.807) is 0 Å². The molecular formula is C18H26ClN3O3. The molecule has 1 aromatic rings. The molecule has 1 aromatic carbocycles. The lowest BCUT2D eigenvalue weighted by atomic mass is 10.0. The van der Waals surface area contributed by atoms with Gasteiger partial charge in [0.05, 0.1) is 6.61 Å². The van der Waals surface area contributed by atoms with E-state index in [1.165, 1.54) is 0 Å². The van der Waals surface area contributed by atoms with Gasteiger partial charge in [-0.2, -0.15) is 0 Å². The number of hydrogen-bond donors (Lipinski definition) is 2. The van der Waals surface area contributed by atoms with Gasteiger partial charge in [0.2, 0.25) is 0 Å². The van der Waals surface area contributed by atoms with Crippen molar-refractivity contribution in [3.8, 4) is 5.75 Å². The van der Waals surface area contributed by atoms with E-state index in [0.29, 0.717) is 24.8 Å². The second-order valence-electron chi connectivity index (χ2n) is 6.49. The van der Waals surface area contributed by atoms with Crippen LogP contribution in [0.5, 0.6) is 5.75 Å². The van der Waals surface area contributed by atoms with Gasteiger partial charge in [-0.3, -0.25) is 9.69 Å². The van der Waals surface area contributed by atoms with E-state index in [9.17, 15) is 4.79 Å². The number of carbonyl (C=O) groups excluding carboxylic acids is 1. The molecule has 3 rings (SSSR count). The molecule has 0 spiro atoms. The third-order valence-electron chi connectivity index (χ3n) is 4.64. The zero-order valence-electron chi connectivity index (χ0n) is 14.4. The van der Waals surface area contributed by atoms with Crippen LogP contribution in [0, 0.1) is 0 Å². The van der Waals surface area contributed by atoms with Crippen molar-refractivity contribution in [2.45, 2.75) is 25.0 Å². The summed E-state index contributed by atoms with van der Waals surface area (Å²) in [5.74, 6) is 0.851. The van der Waals surface area contributed by atoms with Gasteiger partial charge in [0, 0.05) is 43.8 Å². The minimum Gasteiger partial charge on any atom is -0.492 e. The zero-order valence-corrected chi connectivity index (χ0v) is 15.1. The van der Waals surface area contributed by atoms with Gasteiger partial charge in [-0.1, -0.05) is 11.6 Å². The number of nitrogens with one attached hydrogen (secondary N) is 2. The normalized spacial score (nSPS) is 22.5. The van der Waals surface area contributed by atoms with Gasteiger partial charge in [0.25, 0.3) is 5.91 Å². The van der Waals surface area contributed by atoms with E-state index < -0.39 is 0 Å². The second-order valence-corrected chi connectivity index (χ2v) is 6.93. The molecule has 0 aromatic heterocycles. The highest BCUT2D eigenvalue weighted by molar-refractivity contribution is 6.30. The molecule has 2 aliphatic rings. The van der Waals surface area contributed by atoms with Crippen LogP contribution >= 0.6 is 11.6 Å². The molecule has 1 amide bonds. The summed E-state index contributed by atoms with van der Waals surface area (Å²) in [6, 6.07) is 7.66. The predicted molar refractivity (Wildman–Crippen MR) is 97.2 cm³/mol. The number of morpholine rings is 1. The van der Waals surface area contributed by atoms with Crippen LogP contribution in [0.4, 0.5) is 0 Å². The minimum atomic E-state index is -0.348.